The van der Waals surface area contributed by atoms with Crippen molar-refractivity contribution < 1.29 is 65.8 Å². The SMILES string of the molecule is CN[C@H](C(=O)N[C@H](C(=O)N(C)[C@H](C=C(C)C(=O)NS(=O)(=O)c1ccc(NC(=O)[C@H](CCCCN)NC(=O)[C@H](Cc2ccccc2)NC(=O)[C@@H](C)NC(=O)CCOCCOCCOCCN2C(=O)C=CC2=O)cc1)C(C)C)C(C)(C)C)C(C)(C)c1ccccc1. The van der Waals surface area contributed by atoms with Crippen LogP contribution in [0.25, 0.3) is 0 Å². The molecule has 89 heavy (non-hydrogen) atoms. The number of benzene rings is 3. The van der Waals surface area contributed by atoms with Gasteiger partial charge in [0.2, 0.25) is 35.4 Å². The largest absolute Gasteiger partial charge is 0.379 e. The van der Waals surface area contributed by atoms with Gasteiger partial charge in [-0.15, -0.1) is 0 Å². The third-order valence-electron chi connectivity index (χ3n) is 14.9. The molecule has 9 amide bonds. The topological polar surface area (TPSA) is 332 Å². The van der Waals surface area contributed by atoms with Gasteiger partial charge in [0, 0.05) is 48.7 Å². The Morgan fingerprint density at radius 3 is 1.80 bits per heavy atom. The van der Waals surface area contributed by atoms with Crippen molar-refractivity contribution in [3.63, 3.8) is 0 Å². The van der Waals surface area contributed by atoms with Crippen molar-refractivity contribution in [1.29, 1.82) is 0 Å². The summed E-state index contributed by atoms with van der Waals surface area (Å²) >= 11 is 0. The van der Waals surface area contributed by atoms with Gasteiger partial charge in [-0.05, 0) is 93.4 Å². The Bertz CT molecular complexity index is 3030. The number of likely N-dealkylation sites (N-methyl/N-ethyl adjacent to an activating group) is 2. The number of unbranched alkanes of at least 4 members (excludes halogenated alkanes) is 1. The highest BCUT2D eigenvalue weighted by molar-refractivity contribution is 7.90. The van der Waals surface area contributed by atoms with E-state index in [1.807, 2.05) is 78.8 Å². The summed E-state index contributed by atoms with van der Waals surface area (Å²) < 4.78 is 45.8. The zero-order chi connectivity index (χ0) is 66.1. The number of rotatable bonds is 37. The van der Waals surface area contributed by atoms with Gasteiger partial charge in [-0.1, -0.05) is 115 Å². The van der Waals surface area contributed by atoms with E-state index in [-0.39, 0.29) is 105 Å². The second kappa shape index (κ2) is 35.5. The molecule has 0 bridgehead atoms. The molecule has 3 aromatic rings. The second-order valence-corrected chi connectivity index (χ2v) is 25.4. The van der Waals surface area contributed by atoms with Gasteiger partial charge in [0.1, 0.15) is 24.2 Å². The number of carbonyl (C=O) groups is 9. The van der Waals surface area contributed by atoms with Gasteiger partial charge >= 0.3 is 0 Å². The molecule has 0 fully saturated rings. The second-order valence-electron chi connectivity index (χ2n) is 23.7. The number of nitrogens with zero attached hydrogens (tertiary/aromatic N) is 2. The smallest absolute Gasteiger partial charge is 0.264 e. The van der Waals surface area contributed by atoms with Crippen LogP contribution in [-0.2, 0) is 79.2 Å². The number of ether oxygens (including phenoxy) is 3. The van der Waals surface area contributed by atoms with Crippen LogP contribution in [0.3, 0.4) is 0 Å². The highest BCUT2D eigenvalue weighted by Crippen LogP contribution is 2.29. The highest BCUT2D eigenvalue weighted by atomic mass is 32.2. The van der Waals surface area contributed by atoms with E-state index in [2.05, 4.69) is 36.6 Å². The van der Waals surface area contributed by atoms with Gasteiger partial charge in [-0.3, -0.25) is 48.1 Å². The van der Waals surface area contributed by atoms with Crippen LogP contribution in [0.1, 0.15) is 99.1 Å². The average Bonchev–Trinajstić information content (AvgIpc) is 2.24. The van der Waals surface area contributed by atoms with Crippen molar-refractivity contribution in [2.75, 3.05) is 72.1 Å². The van der Waals surface area contributed by atoms with E-state index in [1.54, 1.807) is 44.4 Å². The first-order chi connectivity index (χ1) is 42.0. The number of anilines is 1. The predicted octanol–water partition coefficient (Wildman–Crippen LogP) is 3.17. The summed E-state index contributed by atoms with van der Waals surface area (Å²) in [4.78, 5) is 122. The Labute approximate surface area is 523 Å². The predicted molar refractivity (Wildman–Crippen MR) is 337 cm³/mol. The molecule has 9 N–H and O–H groups in total. The minimum Gasteiger partial charge on any atom is -0.379 e. The number of nitrogens with one attached hydrogen (secondary N) is 7. The molecule has 1 aliphatic heterocycles. The minimum absolute atomic E-state index is 0.00415. The van der Waals surface area contributed by atoms with Gasteiger partial charge < -0.3 is 56.7 Å². The summed E-state index contributed by atoms with van der Waals surface area (Å²) in [6, 6.07) is 17.6. The number of hydrogen-bond acceptors (Lipinski definition) is 16. The van der Waals surface area contributed by atoms with Gasteiger partial charge in [0.25, 0.3) is 27.7 Å². The lowest BCUT2D eigenvalue weighted by molar-refractivity contribution is -0.141. The summed E-state index contributed by atoms with van der Waals surface area (Å²) in [6.45, 7) is 17.5. The average molecular weight is 1260 g/mol. The van der Waals surface area contributed by atoms with Crippen LogP contribution in [0, 0.1) is 11.3 Å². The van der Waals surface area contributed by atoms with E-state index in [4.69, 9.17) is 19.9 Å². The first kappa shape index (κ1) is 73.8. The fourth-order valence-corrected chi connectivity index (χ4v) is 10.7. The van der Waals surface area contributed by atoms with Crippen LogP contribution in [0.2, 0.25) is 0 Å². The van der Waals surface area contributed by atoms with E-state index >= 15 is 0 Å². The molecular formula is C64H92N10O14S. The molecule has 25 heteroatoms. The summed E-state index contributed by atoms with van der Waals surface area (Å²) in [5.41, 5.74) is 6.15. The lowest BCUT2D eigenvalue weighted by Gasteiger charge is -2.40. The van der Waals surface area contributed by atoms with Crippen molar-refractivity contribution in [2.24, 2.45) is 17.1 Å². The van der Waals surface area contributed by atoms with Crippen LogP contribution in [0.15, 0.2) is 114 Å². The maximum atomic E-state index is 14.4. The molecular weight excluding hydrogens is 1160 g/mol. The van der Waals surface area contributed by atoms with Crippen LogP contribution >= 0.6 is 0 Å². The summed E-state index contributed by atoms with van der Waals surface area (Å²) in [6.07, 6.45) is 4.97. The Kier molecular flexibility index (Phi) is 29.4. The van der Waals surface area contributed by atoms with E-state index in [1.165, 1.54) is 61.2 Å². The summed E-state index contributed by atoms with van der Waals surface area (Å²) in [5.74, 6) is -5.26. The third-order valence-corrected chi connectivity index (χ3v) is 16.3. The highest BCUT2D eigenvalue weighted by Gasteiger charge is 2.42. The van der Waals surface area contributed by atoms with Crippen LogP contribution in [0.4, 0.5) is 5.69 Å². The molecule has 6 atom stereocenters. The molecule has 3 aromatic carbocycles. The van der Waals surface area contributed by atoms with Gasteiger partial charge in [-0.2, -0.15) is 0 Å². The number of hydrogen-bond donors (Lipinski definition) is 8. The van der Waals surface area contributed by atoms with Crippen LogP contribution < -0.4 is 42.4 Å². The van der Waals surface area contributed by atoms with Gasteiger partial charge in [0.15, 0.2) is 0 Å². The molecule has 4 rings (SSSR count). The zero-order valence-corrected chi connectivity index (χ0v) is 54.0. The number of imide groups is 1. The Morgan fingerprint density at radius 2 is 1.24 bits per heavy atom. The lowest BCUT2D eigenvalue weighted by Crippen LogP contribution is -2.61. The summed E-state index contributed by atoms with van der Waals surface area (Å²) in [7, 11) is -1.23. The minimum atomic E-state index is -4.49. The Hall–Kier alpha value is -7.68. The fraction of sp³-hybridized carbons (Fsp3) is 0.516. The standard InChI is InChI=1S/C64H92N10O14S/c1-42(2)51(73(11)62(83)56(63(5,6)7)71-61(82)55(66-10)64(8,9)46-22-16-13-17-23-46)40-43(3)57(78)72-89(84,85)48-27-25-47(26-28-48)68-59(80)49(24-18-19-32-65)69-60(81)50(41-45-20-14-12-15-21-45)70-58(79)44(4)67-52(75)31-34-86-36-38-88-39-37-87-35-33-74-53(76)29-30-54(74)77/h12-17,20-23,25-30,40,42,44,49-51,55-56,66H,18-19,24,31-39,41,65H2,1-11H3,(H,67,75)(H,68,80)(H,69,81)(H,70,79)(H,71,82)(H,72,78)/t44-,49+,50+,51-,55-,56-/m1/s1. The maximum Gasteiger partial charge on any atom is 0.264 e. The fourth-order valence-electron chi connectivity index (χ4n) is 9.65. The molecule has 0 unspecified atom stereocenters. The first-order valence-corrected chi connectivity index (χ1v) is 31.4. The quantitative estimate of drug-likeness (QED) is 0.0234. The summed E-state index contributed by atoms with van der Waals surface area (Å²) in [5, 5.41) is 17.0. The normalized spacial score (nSPS) is 14.9. The van der Waals surface area contributed by atoms with E-state index in [0.717, 1.165) is 10.5 Å². The zero-order valence-electron chi connectivity index (χ0n) is 53.1. The molecule has 1 heterocycles. The molecule has 0 saturated heterocycles. The first-order valence-electron chi connectivity index (χ1n) is 29.9. The molecule has 0 radical (unpaired) electrons. The number of nitrogens with two attached hydrogens (primary N) is 1. The number of carbonyl (C=O) groups excluding carboxylic acids is 9. The Balaban J connectivity index is 1.35. The molecule has 488 valence electrons. The van der Waals surface area contributed by atoms with E-state index in [0.29, 0.717) is 24.9 Å². The molecule has 1 aliphatic rings. The molecule has 0 spiro atoms. The van der Waals surface area contributed by atoms with Crippen molar-refractivity contribution in [3.05, 3.63) is 120 Å². The Morgan fingerprint density at radius 1 is 0.674 bits per heavy atom. The van der Waals surface area contributed by atoms with Crippen LogP contribution in [0.5, 0.6) is 0 Å². The third kappa shape index (κ3) is 23.3. The number of sulfonamides is 1. The maximum absolute atomic E-state index is 14.4. The molecule has 0 saturated carbocycles. The van der Waals surface area contributed by atoms with Gasteiger partial charge in [-0.25, -0.2) is 13.1 Å². The molecule has 0 aromatic heterocycles. The van der Waals surface area contributed by atoms with Crippen molar-refractivity contribution in [3.8, 4) is 0 Å². The van der Waals surface area contributed by atoms with Gasteiger partial charge in [0.05, 0.1) is 63.2 Å². The van der Waals surface area contributed by atoms with Crippen LogP contribution in [-0.4, -0.2) is 174 Å². The monoisotopic (exact) mass is 1260 g/mol. The molecule has 24 nitrogen and oxygen atoms in total. The van der Waals surface area contributed by atoms with Crippen molar-refractivity contribution in [1.82, 2.24) is 41.1 Å². The number of amides is 9. The van der Waals surface area contributed by atoms with E-state index < -0.39 is 92.5 Å². The van der Waals surface area contributed by atoms with E-state index in [9.17, 15) is 51.6 Å². The molecule has 0 aliphatic carbocycles. The lowest BCUT2D eigenvalue weighted by atomic mass is 9.76. The van der Waals surface area contributed by atoms with Crippen molar-refractivity contribution >= 4 is 68.9 Å². The van der Waals surface area contributed by atoms with Crippen molar-refractivity contribution in [2.45, 2.75) is 141 Å².